The molecule has 0 saturated carbocycles. The van der Waals surface area contributed by atoms with Gasteiger partial charge in [0.05, 0.1) is 4.92 Å². The van der Waals surface area contributed by atoms with Gasteiger partial charge in [0.25, 0.3) is 0 Å². The van der Waals surface area contributed by atoms with E-state index >= 15 is 0 Å². The van der Waals surface area contributed by atoms with Crippen LogP contribution in [0.1, 0.15) is 19.8 Å². The number of nitrogens with one attached hydrogen (secondary N) is 1. The predicted octanol–water partition coefficient (Wildman–Crippen LogP) is 1.82. The predicted molar refractivity (Wildman–Crippen MR) is 72.9 cm³/mol. The summed E-state index contributed by atoms with van der Waals surface area (Å²) in [6.45, 7) is 2.38. The van der Waals surface area contributed by atoms with Crippen LogP contribution in [0, 0.1) is 10.1 Å². The van der Waals surface area contributed by atoms with Crippen molar-refractivity contribution in [2.75, 3.05) is 13.2 Å². The zero-order chi connectivity index (χ0) is 15.0. The summed E-state index contributed by atoms with van der Waals surface area (Å²) in [5, 5.41) is 22.6. The van der Waals surface area contributed by atoms with E-state index in [0.717, 1.165) is 6.42 Å². The lowest BCUT2D eigenvalue weighted by Gasteiger charge is -2.13. The summed E-state index contributed by atoms with van der Waals surface area (Å²) in [6, 6.07) is 5.46. The highest BCUT2D eigenvalue weighted by atomic mass is 16.6. The molecule has 1 aromatic carbocycles. The van der Waals surface area contributed by atoms with Gasteiger partial charge in [0, 0.05) is 12.6 Å². The van der Waals surface area contributed by atoms with Crippen molar-refractivity contribution in [2.45, 2.75) is 25.8 Å². The molecule has 0 fully saturated rings. The minimum absolute atomic E-state index is 0.101. The van der Waals surface area contributed by atoms with Gasteiger partial charge in [0.2, 0.25) is 0 Å². The van der Waals surface area contributed by atoms with Crippen LogP contribution in [0.4, 0.5) is 5.69 Å². The van der Waals surface area contributed by atoms with Crippen molar-refractivity contribution in [3.63, 3.8) is 0 Å². The van der Waals surface area contributed by atoms with Gasteiger partial charge in [-0.1, -0.05) is 25.5 Å². The maximum atomic E-state index is 10.9. The molecule has 0 aromatic heterocycles. The van der Waals surface area contributed by atoms with Crippen molar-refractivity contribution in [2.24, 2.45) is 0 Å². The third kappa shape index (κ3) is 4.85. The molecule has 0 spiro atoms. The van der Waals surface area contributed by atoms with Gasteiger partial charge in [-0.25, -0.2) is 0 Å². The van der Waals surface area contributed by atoms with Crippen molar-refractivity contribution in [1.29, 1.82) is 0 Å². The molecule has 110 valence electrons. The lowest BCUT2D eigenvalue weighted by Crippen LogP contribution is -2.38. The normalized spacial score (nSPS) is 11.8. The summed E-state index contributed by atoms with van der Waals surface area (Å²) in [4.78, 5) is 21.2. The van der Waals surface area contributed by atoms with Gasteiger partial charge in [0.1, 0.15) is 12.6 Å². The fourth-order valence-corrected chi connectivity index (χ4v) is 1.73. The maximum absolute atomic E-state index is 10.9. The molecule has 0 aliphatic carbocycles. The molecule has 7 heteroatoms. The summed E-state index contributed by atoms with van der Waals surface area (Å²) < 4.78 is 5.31. The third-order valence-electron chi connectivity index (χ3n) is 2.69. The average molecular weight is 282 g/mol. The summed E-state index contributed by atoms with van der Waals surface area (Å²) in [6.07, 6.45) is 1.29. The molecular weight excluding hydrogens is 264 g/mol. The molecule has 1 rings (SSSR count). The molecule has 7 nitrogen and oxygen atoms in total. The number of carboxylic acid groups (broad SMARTS) is 1. The zero-order valence-electron chi connectivity index (χ0n) is 11.2. The Kier molecular flexibility index (Phi) is 6.45. The van der Waals surface area contributed by atoms with Gasteiger partial charge in [-0.2, -0.15) is 0 Å². The van der Waals surface area contributed by atoms with Gasteiger partial charge >= 0.3 is 11.7 Å². The molecule has 2 N–H and O–H groups in total. The van der Waals surface area contributed by atoms with Crippen molar-refractivity contribution in [3.8, 4) is 5.75 Å². The number of carboxylic acids is 1. The Morgan fingerprint density at radius 2 is 2.20 bits per heavy atom. The number of hydrogen-bond donors (Lipinski definition) is 2. The highest BCUT2D eigenvalue weighted by Crippen LogP contribution is 2.25. The first-order chi connectivity index (χ1) is 9.56. The first kappa shape index (κ1) is 15.9. The second kappa shape index (κ2) is 8.11. The molecule has 0 amide bonds. The van der Waals surface area contributed by atoms with Crippen molar-refractivity contribution in [1.82, 2.24) is 5.32 Å². The number of rotatable bonds is 9. The monoisotopic (exact) mass is 282 g/mol. The number of nitro groups is 1. The van der Waals surface area contributed by atoms with Gasteiger partial charge in [-0.05, 0) is 12.5 Å². The van der Waals surface area contributed by atoms with E-state index in [9.17, 15) is 14.9 Å². The molecule has 0 bridgehead atoms. The molecule has 1 atom stereocenters. The lowest BCUT2D eigenvalue weighted by atomic mass is 10.2. The Labute approximate surface area is 116 Å². The summed E-state index contributed by atoms with van der Waals surface area (Å²) >= 11 is 0. The first-order valence-corrected chi connectivity index (χ1v) is 6.38. The fourth-order valence-electron chi connectivity index (χ4n) is 1.73. The van der Waals surface area contributed by atoms with Gasteiger partial charge in [-0.3, -0.25) is 14.9 Å². The SMILES string of the molecule is CCCC(NCCOc1ccccc1[N+](=O)[O-])C(=O)O. The van der Waals surface area contributed by atoms with Crippen LogP contribution in [0.15, 0.2) is 24.3 Å². The zero-order valence-corrected chi connectivity index (χ0v) is 11.2. The van der Waals surface area contributed by atoms with E-state index < -0.39 is 16.9 Å². The summed E-state index contributed by atoms with van der Waals surface area (Å²) in [5.41, 5.74) is -0.101. The molecule has 0 saturated heterocycles. The molecule has 0 heterocycles. The van der Waals surface area contributed by atoms with Crippen LogP contribution in [0.25, 0.3) is 0 Å². The second-order valence-electron chi connectivity index (χ2n) is 4.21. The number of benzene rings is 1. The second-order valence-corrected chi connectivity index (χ2v) is 4.21. The quantitative estimate of drug-likeness (QED) is 0.407. The first-order valence-electron chi connectivity index (χ1n) is 6.38. The van der Waals surface area contributed by atoms with Crippen LogP contribution in [-0.4, -0.2) is 35.2 Å². The van der Waals surface area contributed by atoms with E-state index in [-0.39, 0.29) is 18.0 Å². The minimum atomic E-state index is -0.905. The lowest BCUT2D eigenvalue weighted by molar-refractivity contribution is -0.385. The van der Waals surface area contributed by atoms with Crippen LogP contribution in [0.2, 0.25) is 0 Å². The van der Waals surface area contributed by atoms with Crippen LogP contribution < -0.4 is 10.1 Å². The highest BCUT2D eigenvalue weighted by Gasteiger charge is 2.16. The number of nitro benzene ring substituents is 1. The Bertz CT molecular complexity index is 464. The van der Waals surface area contributed by atoms with Crippen LogP contribution in [0.3, 0.4) is 0 Å². The number of para-hydroxylation sites is 2. The van der Waals surface area contributed by atoms with Crippen LogP contribution >= 0.6 is 0 Å². The number of ether oxygens (including phenoxy) is 1. The van der Waals surface area contributed by atoms with E-state index in [1.165, 1.54) is 12.1 Å². The molecular formula is C13H18N2O5. The van der Waals surface area contributed by atoms with E-state index in [2.05, 4.69) is 5.32 Å². The van der Waals surface area contributed by atoms with Crippen molar-refractivity contribution in [3.05, 3.63) is 34.4 Å². The van der Waals surface area contributed by atoms with E-state index in [1.54, 1.807) is 12.1 Å². The number of carbonyl (C=O) groups is 1. The number of hydrogen-bond acceptors (Lipinski definition) is 5. The van der Waals surface area contributed by atoms with Crippen LogP contribution in [-0.2, 0) is 4.79 Å². The van der Waals surface area contributed by atoms with Crippen molar-refractivity contribution < 1.29 is 19.6 Å². The van der Waals surface area contributed by atoms with E-state index in [4.69, 9.17) is 9.84 Å². The minimum Gasteiger partial charge on any atom is -0.485 e. The van der Waals surface area contributed by atoms with E-state index in [1.807, 2.05) is 6.92 Å². The third-order valence-corrected chi connectivity index (χ3v) is 2.69. The molecule has 0 aliphatic heterocycles. The molecule has 20 heavy (non-hydrogen) atoms. The fraction of sp³-hybridized carbons (Fsp3) is 0.462. The van der Waals surface area contributed by atoms with Gasteiger partial charge < -0.3 is 15.2 Å². The number of aliphatic carboxylic acids is 1. The largest absolute Gasteiger partial charge is 0.485 e. The highest BCUT2D eigenvalue weighted by molar-refractivity contribution is 5.73. The standard InChI is InChI=1S/C13H18N2O5/c1-2-5-10(13(16)17)14-8-9-20-12-7-4-3-6-11(12)15(18)19/h3-4,6-7,10,14H,2,5,8-9H2,1H3,(H,16,17). The number of nitrogens with zero attached hydrogens (tertiary/aromatic N) is 1. The maximum Gasteiger partial charge on any atom is 0.320 e. The Morgan fingerprint density at radius 1 is 1.50 bits per heavy atom. The summed E-state index contributed by atoms with van der Waals surface area (Å²) in [7, 11) is 0. The topological polar surface area (TPSA) is 102 Å². The van der Waals surface area contributed by atoms with Crippen LogP contribution in [0.5, 0.6) is 5.75 Å². The van der Waals surface area contributed by atoms with Crippen molar-refractivity contribution >= 4 is 11.7 Å². The molecule has 0 aliphatic rings. The molecule has 1 aromatic rings. The Balaban J connectivity index is 2.45. The average Bonchev–Trinajstić information content (AvgIpc) is 2.42. The Hall–Kier alpha value is -2.15. The smallest absolute Gasteiger partial charge is 0.320 e. The summed E-state index contributed by atoms with van der Waals surface area (Å²) in [5.74, 6) is -0.723. The Morgan fingerprint density at radius 3 is 2.80 bits per heavy atom. The molecule has 0 radical (unpaired) electrons. The van der Waals surface area contributed by atoms with Gasteiger partial charge in [0.15, 0.2) is 5.75 Å². The molecule has 1 unspecified atom stereocenters. The van der Waals surface area contributed by atoms with E-state index in [0.29, 0.717) is 13.0 Å². The van der Waals surface area contributed by atoms with Gasteiger partial charge in [-0.15, -0.1) is 0 Å².